The Morgan fingerprint density at radius 1 is 0.929 bits per heavy atom. The van der Waals surface area contributed by atoms with Gasteiger partial charge in [-0.3, -0.25) is 0 Å². The van der Waals surface area contributed by atoms with Gasteiger partial charge in [0.1, 0.15) is 0 Å². The van der Waals surface area contributed by atoms with Crippen molar-refractivity contribution < 1.29 is 4.52 Å². The lowest BCUT2D eigenvalue weighted by molar-refractivity contribution is 0.173. The van der Waals surface area contributed by atoms with Crippen LogP contribution >= 0.6 is 6.42 Å². The van der Waals surface area contributed by atoms with Gasteiger partial charge in [-0.2, -0.15) is 5.10 Å². The second-order valence-electron chi connectivity index (χ2n) is 8.40. The summed E-state index contributed by atoms with van der Waals surface area (Å²) in [5.41, 5.74) is 3.74. The van der Waals surface area contributed by atoms with Gasteiger partial charge in [0.25, 0.3) is 0 Å². The maximum absolute atomic E-state index is 6.92. The molecule has 0 N–H and O–H groups in total. The molecule has 1 aromatic rings. The van der Waals surface area contributed by atoms with Crippen molar-refractivity contribution in [1.82, 2.24) is 4.90 Å². The number of likely N-dealkylation sites (tertiary alicyclic amines) is 1. The first-order chi connectivity index (χ1) is 13.8. The van der Waals surface area contributed by atoms with E-state index >= 15 is 0 Å². The Morgan fingerprint density at radius 3 is 2.43 bits per heavy atom. The highest BCUT2D eigenvalue weighted by Gasteiger charge is 2.46. The molecule has 1 saturated heterocycles. The summed E-state index contributed by atoms with van der Waals surface area (Å²) in [6.45, 7) is 2.33. The van der Waals surface area contributed by atoms with E-state index in [-0.39, 0.29) is 6.10 Å². The van der Waals surface area contributed by atoms with E-state index in [1.165, 1.54) is 55.2 Å². The van der Waals surface area contributed by atoms with Gasteiger partial charge < -0.3 is 9.42 Å². The van der Waals surface area contributed by atoms with E-state index in [0.717, 1.165) is 44.5 Å². The maximum Gasteiger partial charge on any atom is 0.210 e. The molecule has 0 radical (unpaired) electrons. The Hall–Kier alpha value is -1.16. The number of fused-ring (bicyclic) bond motifs is 1. The van der Waals surface area contributed by atoms with Crippen LogP contribution in [-0.2, 0) is 16.3 Å². The van der Waals surface area contributed by atoms with Crippen LogP contribution < -0.4 is 4.78 Å². The molecule has 0 amide bonds. The lowest BCUT2D eigenvalue weighted by Crippen LogP contribution is -2.26. The summed E-state index contributed by atoms with van der Waals surface area (Å²) in [4.78, 5) is 2.59. The molecule has 2 heterocycles. The summed E-state index contributed by atoms with van der Waals surface area (Å²) in [6.07, 6.45) is 9.92. The number of hydrogen-bond acceptors (Lipinski definition) is 4. The Morgan fingerprint density at radius 2 is 1.68 bits per heavy atom. The Balaban J connectivity index is 1.59. The van der Waals surface area contributed by atoms with Gasteiger partial charge in [0.2, 0.25) is 6.42 Å². The quantitative estimate of drug-likeness (QED) is 0.563. The first-order valence-electron chi connectivity index (χ1n) is 11.0. The van der Waals surface area contributed by atoms with Crippen molar-refractivity contribution in [2.45, 2.75) is 70.3 Å². The average Bonchev–Trinajstić information content (AvgIpc) is 3.37. The summed E-state index contributed by atoms with van der Waals surface area (Å²) in [5.74, 6) is 0. The first-order valence-corrected chi connectivity index (χ1v) is 13.6. The molecule has 4 aliphatic rings. The van der Waals surface area contributed by atoms with Crippen LogP contribution in [0.2, 0.25) is 0 Å². The fourth-order valence-corrected chi connectivity index (χ4v) is 9.17. The van der Waals surface area contributed by atoms with Crippen molar-refractivity contribution in [3.8, 4) is 0 Å². The topological polar surface area (TPSA) is 28.1 Å². The first kappa shape index (κ1) is 18.8. The van der Waals surface area contributed by atoms with Gasteiger partial charge in [0.15, 0.2) is 0 Å². The number of anilines is 1. The highest BCUT2D eigenvalue weighted by Crippen LogP contribution is 2.68. The molecule has 28 heavy (non-hydrogen) atoms. The number of hydrogen-bond donors (Lipinski definition) is 0. The molecule has 4 nitrogen and oxygen atoms in total. The van der Waals surface area contributed by atoms with E-state index in [1.807, 2.05) is 0 Å². The fraction of sp³-hybridized carbons (Fsp3) is 0.591. The van der Waals surface area contributed by atoms with Crippen LogP contribution in [0.1, 0.15) is 64.2 Å². The SMILES string of the molecule is S=P1(OC2CCCCC2)C2=C(N3CCCC3)CCCC2=NN1c1ccccc1. The normalized spacial score (nSPS) is 28.6. The Kier molecular flexibility index (Phi) is 5.34. The second-order valence-corrected chi connectivity index (χ2v) is 12.0. The molecule has 1 unspecified atom stereocenters. The van der Waals surface area contributed by atoms with Crippen LogP contribution in [0.15, 0.2) is 46.4 Å². The Labute approximate surface area is 173 Å². The number of nitrogens with zero attached hydrogens (tertiary/aromatic N) is 3. The fourth-order valence-electron chi connectivity index (χ4n) is 5.05. The lowest BCUT2D eigenvalue weighted by Gasteiger charge is -2.36. The second kappa shape index (κ2) is 7.93. The minimum atomic E-state index is -2.41. The number of rotatable bonds is 4. The standard InChI is InChI=1S/C22H30N3OPS/c28-27(26-19-12-5-2-6-13-19)22-20(23-25(27)18-10-3-1-4-11-18)14-9-15-21(22)24-16-7-8-17-24/h1,3-4,10-11,19H,2,5-9,12-17H2. The number of hydrazone groups is 1. The predicted octanol–water partition coefficient (Wildman–Crippen LogP) is 6.01. The summed E-state index contributed by atoms with van der Waals surface area (Å²) >= 11 is 6.48. The molecule has 5 rings (SSSR count). The van der Waals surface area contributed by atoms with Crippen LogP contribution in [0, 0.1) is 0 Å². The molecule has 1 aromatic carbocycles. The van der Waals surface area contributed by atoms with Crippen LogP contribution in [-0.4, -0.2) is 29.8 Å². The molecule has 0 aromatic heterocycles. The zero-order valence-corrected chi connectivity index (χ0v) is 18.3. The van der Waals surface area contributed by atoms with E-state index < -0.39 is 6.42 Å². The van der Waals surface area contributed by atoms with Crippen molar-refractivity contribution in [1.29, 1.82) is 0 Å². The van der Waals surface area contributed by atoms with Gasteiger partial charge in [-0.25, -0.2) is 4.78 Å². The minimum Gasteiger partial charge on any atom is -0.374 e. The molecule has 150 valence electrons. The predicted molar refractivity (Wildman–Crippen MR) is 120 cm³/mol. The molecule has 2 aliphatic carbocycles. The minimum absolute atomic E-state index is 0.287. The van der Waals surface area contributed by atoms with E-state index in [2.05, 4.69) is 40.0 Å². The summed E-state index contributed by atoms with van der Waals surface area (Å²) < 4.78 is 9.03. The van der Waals surface area contributed by atoms with Gasteiger partial charge in [-0.15, -0.1) is 0 Å². The molecular formula is C22H30N3OPS. The highest BCUT2D eigenvalue weighted by molar-refractivity contribution is 8.15. The van der Waals surface area contributed by atoms with E-state index in [9.17, 15) is 0 Å². The van der Waals surface area contributed by atoms with Gasteiger partial charge in [-0.05, 0) is 68.9 Å². The zero-order valence-electron chi connectivity index (χ0n) is 16.6. The van der Waals surface area contributed by atoms with Crippen molar-refractivity contribution >= 4 is 29.6 Å². The highest BCUT2D eigenvalue weighted by atomic mass is 32.4. The summed E-state index contributed by atoms with van der Waals surface area (Å²) in [5, 5.41) is 6.42. The van der Waals surface area contributed by atoms with Gasteiger partial charge in [-0.1, -0.05) is 37.5 Å². The summed E-state index contributed by atoms with van der Waals surface area (Å²) in [7, 11) is 0. The van der Waals surface area contributed by atoms with E-state index in [4.69, 9.17) is 21.4 Å². The molecule has 1 saturated carbocycles. The van der Waals surface area contributed by atoms with Crippen LogP contribution in [0.5, 0.6) is 0 Å². The number of benzene rings is 1. The van der Waals surface area contributed by atoms with E-state index in [0.29, 0.717) is 0 Å². The Bertz CT molecular complexity index is 825. The third-order valence-electron chi connectivity index (χ3n) is 6.44. The molecule has 6 heteroatoms. The maximum atomic E-state index is 6.92. The van der Waals surface area contributed by atoms with Crippen molar-refractivity contribution in [3.05, 3.63) is 41.3 Å². The molecule has 2 fully saturated rings. The van der Waals surface area contributed by atoms with Gasteiger partial charge in [0.05, 0.1) is 22.8 Å². The number of allylic oxidation sites excluding steroid dienone is 2. The smallest absolute Gasteiger partial charge is 0.210 e. The zero-order chi connectivity index (χ0) is 19.0. The average molecular weight is 416 g/mol. The molecule has 0 bridgehead atoms. The third-order valence-corrected chi connectivity index (χ3v) is 10.2. The molecular weight excluding hydrogens is 385 g/mol. The van der Waals surface area contributed by atoms with Gasteiger partial charge >= 0.3 is 0 Å². The molecule has 0 spiro atoms. The number of para-hydroxylation sites is 1. The van der Waals surface area contributed by atoms with Gasteiger partial charge in [0, 0.05) is 18.8 Å². The largest absolute Gasteiger partial charge is 0.374 e. The summed E-state index contributed by atoms with van der Waals surface area (Å²) in [6, 6.07) is 10.5. The van der Waals surface area contributed by atoms with Crippen LogP contribution in [0.4, 0.5) is 5.69 Å². The lowest BCUT2D eigenvalue weighted by atomic mass is 9.98. The van der Waals surface area contributed by atoms with Crippen molar-refractivity contribution in [2.24, 2.45) is 5.10 Å². The van der Waals surface area contributed by atoms with Crippen molar-refractivity contribution in [3.63, 3.8) is 0 Å². The van der Waals surface area contributed by atoms with Crippen molar-refractivity contribution in [2.75, 3.05) is 17.9 Å². The molecule has 2 aliphatic heterocycles. The molecule has 1 atom stereocenters. The van der Waals surface area contributed by atoms with E-state index in [1.54, 1.807) is 0 Å². The third kappa shape index (κ3) is 3.36. The van der Waals surface area contributed by atoms with Crippen LogP contribution in [0.3, 0.4) is 0 Å². The monoisotopic (exact) mass is 415 g/mol. The van der Waals surface area contributed by atoms with Crippen LogP contribution in [0.25, 0.3) is 0 Å².